The summed E-state index contributed by atoms with van der Waals surface area (Å²) in [4.78, 5) is 16.1. The van der Waals surface area contributed by atoms with Crippen LogP contribution in [0.1, 0.15) is 92.2 Å². The van der Waals surface area contributed by atoms with E-state index >= 15 is 0 Å². The molecule has 6 aromatic carbocycles. The predicted molar refractivity (Wildman–Crippen MR) is 266 cm³/mol. The molecule has 0 spiro atoms. The third-order valence-electron chi connectivity index (χ3n) is 14.0. The van der Waals surface area contributed by atoms with Gasteiger partial charge >= 0.3 is 0 Å². The van der Waals surface area contributed by atoms with Gasteiger partial charge in [0.15, 0.2) is 17.5 Å². The van der Waals surface area contributed by atoms with Crippen LogP contribution in [0, 0.1) is 12.8 Å². The van der Waals surface area contributed by atoms with Gasteiger partial charge in [-0.2, -0.15) is 0 Å². The molecule has 0 saturated heterocycles. The largest absolute Gasteiger partial charge is 0.208 e. The van der Waals surface area contributed by atoms with Gasteiger partial charge in [0.1, 0.15) is 0 Å². The standard InChI is InChI=1S/C60H53N3/c1-9-11-13-21-37(3)54-43(20-10-2)38(4)55(39-22-14-12-15-23-39)49-34-40(30-33-48(49)54)56-61-57(41-28-31-46-44-24-16-18-26-50(44)59(5,6)52(46)35-41)63-58(62-56)42-29-32-47-45-25-17-19-27-51(45)60(7,8)53(47)36-42/h9-36,46,52H,3H2,1-2,4-8H3. The van der Waals surface area contributed by atoms with E-state index in [4.69, 9.17) is 15.0 Å². The van der Waals surface area contributed by atoms with E-state index in [1.807, 2.05) is 19.1 Å². The third kappa shape index (κ3) is 6.52. The summed E-state index contributed by atoms with van der Waals surface area (Å²) in [5, 5.41) is 2.26. The van der Waals surface area contributed by atoms with Crippen molar-refractivity contribution < 1.29 is 0 Å². The first-order chi connectivity index (χ1) is 30.5. The fourth-order valence-corrected chi connectivity index (χ4v) is 10.8. The molecule has 3 heteroatoms. The van der Waals surface area contributed by atoms with Crippen LogP contribution in [-0.2, 0) is 10.8 Å². The number of allylic oxidation sites excluding steroid dienone is 10. The molecule has 2 unspecified atom stereocenters. The molecule has 3 nitrogen and oxygen atoms in total. The van der Waals surface area contributed by atoms with Gasteiger partial charge in [-0.25, -0.2) is 15.0 Å². The SMILES string of the molecule is C=C(C=CC=CC)c1c(C=CC)c(C)c(-c2ccccc2)c2cc(-c3nc(C4=CC5C(C=C4)c4ccccc4C5(C)C)nc(-c4ccc5c(c4)C(C)(C)c4ccccc4-5)n3)ccc12. The molecule has 0 bridgehead atoms. The van der Waals surface area contributed by atoms with E-state index in [9.17, 15) is 0 Å². The number of aromatic nitrogens is 3. The molecular formula is C60H53N3. The van der Waals surface area contributed by atoms with Gasteiger partial charge in [0.25, 0.3) is 0 Å². The molecule has 3 aliphatic rings. The number of hydrogen-bond acceptors (Lipinski definition) is 3. The fraction of sp³-hybridized carbons (Fsp3) is 0.183. The molecule has 1 heterocycles. The molecule has 0 fully saturated rings. The number of benzene rings is 6. The first kappa shape index (κ1) is 40.1. The zero-order chi connectivity index (χ0) is 43.6. The van der Waals surface area contributed by atoms with Crippen LogP contribution in [0.4, 0.5) is 0 Å². The van der Waals surface area contributed by atoms with Crippen LogP contribution >= 0.6 is 0 Å². The van der Waals surface area contributed by atoms with Crippen molar-refractivity contribution >= 4 is 28.0 Å². The van der Waals surface area contributed by atoms with Crippen molar-refractivity contribution in [2.45, 2.75) is 65.2 Å². The zero-order valence-corrected chi connectivity index (χ0v) is 37.4. The maximum atomic E-state index is 5.39. The Morgan fingerprint density at radius 2 is 1.30 bits per heavy atom. The van der Waals surface area contributed by atoms with Crippen LogP contribution in [0.2, 0.25) is 0 Å². The summed E-state index contributed by atoms with van der Waals surface area (Å²) in [6, 6.07) is 41.9. The number of fused-ring (bicyclic) bond motifs is 7. The van der Waals surface area contributed by atoms with Crippen molar-refractivity contribution in [1.82, 2.24) is 15.0 Å². The highest BCUT2D eigenvalue weighted by Crippen LogP contribution is 2.54. The van der Waals surface area contributed by atoms with Crippen LogP contribution in [0.5, 0.6) is 0 Å². The Bertz CT molecular complexity index is 3170. The van der Waals surface area contributed by atoms with Crippen LogP contribution in [-0.4, -0.2) is 15.0 Å². The minimum atomic E-state index is -0.160. The monoisotopic (exact) mass is 815 g/mol. The van der Waals surface area contributed by atoms with E-state index in [1.54, 1.807) is 0 Å². The van der Waals surface area contributed by atoms with Crippen LogP contribution in [0.15, 0.2) is 170 Å². The molecule has 0 amide bonds. The van der Waals surface area contributed by atoms with Gasteiger partial charge in [0.2, 0.25) is 0 Å². The minimum Gasteiger partial charge on any atom is -0.208 e. The molecule has 0 aliphatic heterocycles. The highest BCUT2D eigenvalue weighted by Gasteiger charge is 2.45. The molecular weight excluding hydrogens is 763 g/mol. The Morgan fingerprint density at radius 1 is 0.635 bits per heavy atom. The van der Waals surface area contributed by atoms with E-state index < -0.39 is 0 Å². The summed E-state index contributed by atoms with van der Waals surface area (Å²) in [6.45, 7) is 20.4. The average Bonchev–Trinajstić information content (AvgIpc) is 3.68. The maximum Gasteiger partial charge on any atom is 0.164 e. The second kappa shape index (κ2) is 15.4. The van der Waals surface area contributed by atoms with Crippen molar-refractivity contribution in [1.29, 1.82) is 0 Å². The Kier molecular flexibility index (Phi) is 9.83. The quantitative estimate of drug-likeness (QED) is 0.143. The Labute approximate surface area is 372 Å². The normalized spacial score (nSPS) is 17.9. The maximum absolute atomic E-state index is 5.39. The molecule has 7 aromatic rings. The van der Waals surface area contributed by atoms with Crippen molar-refractivity contribution in [2.75, 3.05) is 0 Å². The molecule has 308 valence electrons. The van der Waals surface area contributed by atoms with Crippen molar-refractivity contribution in [3.63, 3.8) is 0 Å². The third-order valence-corrected chi connectivity index (χ3v) is 14.0. The van der Waals surface area contributed by atoms with Gasteiger partial charge < -0.3 is 0 Å². The second-order valence-corrected chi connectivity index (χ2v) is 18.4. The van der Waals surface area contributed by atoms with Crippen molar-refractivity contribution in [3.05, 3.63) is 215 Å². The van der Waals surface area contributed by atoms with Gasteiger partial charge in [-0.05, 0) is 122 Å². The van der Waals surface area contributed by atoms with Crippen LogP contribution in [0.3, 0.4) is 0 Å². The summed E-state index contributed by atoms with van der Waals surface area (Å²) >= 11 is 0. The lowest BCUT2D eigenvalue weighted by atomic mass is 9.73. The molecule has 2 atom stereocenters. The summed E-state index contributed by atoms with van der Waals surface area (Å²) < 4.78 is 0. The van der Waals surface area contributed by atoms with E-state index in [0.717, 1.165) is 44.2 Å². The summed E-state index contributed by atoms with van der Waals surface area (Å²) in [6.07, 6.45) is 19.6. The van der Waals surface area contributed by atoms with E-state index in [0.29, 0.717) is 23.4 Å². The first-order valence-corrected chi connectivity index (χ1v) is 22.3. The lowest BCUT2D eigenvalue weighted by molar-refractivity contribution is 0.395. The zero-order valence-electron chi connectivity index (χ0n) is 37.4. The molecule has 63 heavy (non-hydrogen) atoms. The molecule has 3 aliphatic carbocycles. The average molecular weight is 816 g/mol. The number of nitrogens with zero attached hydrogens (tertiary/aromatic N) is 3. The van der Waals surface area contributed by atoms with Crippen molar-refractivity contribution in [3.8, 4) is 45.0 Å². The van der Waals surface area contributed by atoms with Gasteiger partial charge in [-0.3, -0.25) is 0 Å². The van der Waals surface area contributed by atoms with E-state index in [1.165, 1.54) is 50.1 Å². The second-order valence-electron chi connectivity index (χ2n) is 18.4. The lowest BCUT2D eigenvalue weighted by Crippen LogP contribution is -2.25. The molecule has 0 radical (unpaired) electrons. The minimum absolute atomic E-state index is 0.0455. The summed E-state index contributed by atoms with van der Waals surface area (Å²) in [5.41, 5.74) is 17.6. The predicted octanol–water partition coefficient (Wildman–Crippen LogP) is 15.5. The Hall–Kier alpha value is -6.97. The van der Waals surface area contributed by atoms with Gasteiger partial charge in [0, 0.05) is 28.0 Å². The Balaban J connectivity index is 1.20. The first-order valence-electron chi connectivity index (χ1n) is 22.3. The van der Waals surface area contributed by atoms with Crippen LogP contribution < -0.4 is 0 Å². The number of hydrogen-bond donors (Lipinski definition) is 0. The van der Waals surface area contributed by atoms with E-state index in [-0.39, 0.29) is 16.7 Å². The Morgan fingerprint density at radius 3 is 2.06 bits per heavy atom. The molecule has 0 saturated carbocycles. The van der Waals surface area contributed by atoms with Crippen LogP contribution in [0.25, 0.3) is 73.0 Å². The van der Waals surface area contributed by atoms with Gasteiger partial charge in [-0.15, -0.1) is 0 Å². The summed E-state index contributed by atoms with van der Waals surface area (Å²) in [5.74, 6) is 2.58. The van der Waals surface area contributed by atoms with E-state index in [2.05, 4.69) is 206 Å². The highest BCUT2D eigenvalue weighted by atomic mass is 15.0. The van der Waals surface area contributed by atoms with Gasteiger partial charge in [0.05, 0.1) is 0 Å². The lowest BCUT2D eigenvalue weighted by Gasteiger charge is -2.30. The molecule has 1 aromatic heterocycles. The highest BCUT2D eigenvalue weighted by molar-refractivity contribution is 6.09. The van der Waals surface area contributed by atoms with Crippen molar-refractivity contribution in [2.24, 2.45) is 5.92 Å². The van der Waals surface area contributed by atoms with Gasteiger partial charge in [-0.1, -0.05) is 192 Å². The number of rotatable bonds is 8. The smallest absolute Gasteiger partial charge is 0.164 e. The fourth-order valence-electron chi connectivity index (χ4n) is 10.8. The molecule has 0 N–H and O–H groups in total. The topological polar surface area (TPSA) is 38.7 Å². The molecule has 10 rings (SSSR count). The summed E-state index contributed by atoms with van der Waals surface area (Å²) in [7, 11) is 0.